The number of ether oxygens (including phenoxy) is 1. The molecule has 0 aliphatic carbocycles. The molecule has 0 spiro atoms. The highest BCUT2D eigenvalue weighted by Crippen LogP contribution is 2.30. The second kappa shape index (κ2) is 7.00. The molecule has 2 aromatic rings. The van der Waals surface area contributed by atoms with Crippen LogP contribution in [0, 0.1) is 0 Å². The summed E-state index contributed by atoms with van der Waals surface area (Å²) in [5, 5.41) is 1.52. The molecule has 0 saturated carbocycles. The molecular weight excluding hydrogens is 338 g/mol. The van der Waals surface area contributed by atoms with Crippen molar-refractivity contribution in [2.24, 2.45) is 0 Å². The molecule has 0 bridgehead atoms. The van der Waals surface area contributed by atoms with E-state index in [4.69, 9.17) is 16.3 Å². The standard InChI is InChI=1S/C16H17BrClNO/c1-19(11-12-6-3-4-9-16(12)20-2)15-8-5-7-14(18)13(15)10-17/h3-9H,10-11H2,1-2H3. The summed E-state index contributed by atoms with van der Waals surface area (Å²) in [6, 6.07) is 14.0. The molecule has 2 nitrogen and oxygen atoms in total. The largest absolute Gasteiger partial charge is 0.496 e. The van der Waals surface area contributed by atoms with E-state index in [1.165, 1.54) is 0 Å². The van der Waals surface area contributed by atoms with Crippen molar-refractivity contribution in [3.05, 3.63) is 58.6 Å². The number of halogens is 2. The Balaban J connectivity index is 2.28. The van der Waals surface area contributed by atoms with Crippen molar-refractivity contribution in [1.82, 2.24) is 0 Å². The summed E-state index contributed by atoms with van der Waals surface area (Å²) in [6.45, 7) is 0.768. The summed E-state index contributed by atoms with van der Waals surface area (Å²) in [6.07, 6.45) is 0. The fourth-order valence-corrected chi connectivity index (χ4v) is 3.20. The highest BCUT2D eigenvalue weighted by Gasteiger charge is 2.12. The molecule has 20 heavy (non-hydrogen) atoms. The van der Waals surface area contributed by atoms with Crippen LogP contribution in [0.2, 0.25) is 5.02 Å². The van der Waals surface area contributed by atoms with Crippen LogP contribution in [0.1, 0.15) is 11.1 Å². The first-order valence-corrected chi connectivity index (χ1v) is 7.83. The molecule has 0 fully saturated rings. The second-order valence-electron chi connectivity index (χ2n) is 4.54. The van der Waals surface area contributed by atoms with Crippen LogP contribution in [-0.2, 0) is 11.9 Å². The maximum absolute atomic E-state index is 6.25. The average molecular weight is 355 g/mol. The first-order chi connectivity index (χ1) is 9.67. The van der Waals surface area contributed by atoms with Gasteiger partial charge in [0.25, 0.3) is 0 Å². The number of methoxy groups -OCH3 is 1. The molecule has 4 heteroatoms. The molecule has 2 rings (SSSR count). The van der Waals surface area contributed by atoms with Crippen molar-refractivity contribution >= 4 is 33.2 Å². The number of para-hydroxylation sites is 1. The summed E-state index contributed by atoms with van der Waals surface area (Å²) in [7, 11) is 3.76. The van der Waals surface area contributed by atoms with E-state index in [0.29, 0.717) is 0 Å². The normalized spacial score (nSPS) is 10.4. The SMILES string of the molecule is COc1ccccc1CN(C)c1cccc(Cl)c1CBr. The lowest BCUT2D eigenvalue weighted by Gasteiger charge is -2.23. The molecular formula is C16H17BrClNO. The first kappa shape index (κ1) is 15.2. The lowest BCUT2D eigenvalue weighted by molar-refractivity contribution is 0.409. The molecule has 2 aromatic carbocycles. The van der Waals surface area contributed by atoms with Gasteiger partial charge in [-0.3, -0.25) is 0 Å². The number of alkyl halides is 1. The van der Waals surface area contributed by atoms with Gasteiger partial charge in [-0.05, 0) is 18.2 Å². The summed E-state index contributed by atoms with van der Waals surface area (Å²) in [5.74, 6) is 0.904. The minimum absolute atomic E-state index is 0.734. The second-order valence-corrected chi connectivity index (χ2v) is 5.51. The van der Waals surface area contributed by atoms with Crippen LogP contribution in [-0.4, -0.2) is 14.2 Å². The van der Waals surface area contributed by atoms with E-state index >= 15 is 0 Å². The van der Waals surface area contributed by atoms with E-state index in [1.54, 1.807) is 7.11 Å². The number of hydrogen-bond acceptors (Lipinski definition) is 2. The summed E-state index contributed by atoms with van der Waals surface area (Å²) in [4.78, 5) is 2.18. The van der Waals surface area contributed by atoms with Crippen LogP contribution in [0.15, 0.2) is 42.5 Å². The highest BCUT2D eigenvalue weighted by atomic mass is 79.9. The number of nitrogens with zero attached hydrogens (tertiary/aromatic N) is 1. The fourth-order valence-electron chi connectivity index (χ4n) is 2.21. The van der Waals surface area contributed by atoms with Crippen LogP contribution in [0.3, 0.4) is 0 Å². The lowest BCUT2D eigenvalue weighted by Crippen LogP contribution is -2.18. The zero-order chi connectivity index (χ0) is 14.5. The first-order valence-electron chi connectivity index (χ1n) is 6.33. The Morgan fingerprint density at radius 3 is 2.60 bits per heavy atom. The van der Waals surface area contributed by atoms with Gasteiger partial charge in [0.05, 0.1) is 7.11 Å². The van der Waals surface area contributed by atoms with Gasteiger partial charge >= 0.3 is 0 Å². The van der Waals surface area contributed by atoms with Crippen LogP contribution in [0.5, 0.6) is 5.75 Å². The number of rotatable bonds is 5. The summed E-state index contributed by atoms with van der Waals surface area (Å²) in [5.41, 5.74) is 3.38. The van der Waals surface area contributed by atoms with Crippen molar-refractivity contribution in [2.75, 3.05) is 19.1 Å². The third-order valence-corrected chi connectivity index (χ3v) is 4.15. The smallest absolute Gasteiger partial charge is 0.123 e. The molecule has 0 atom stereocenters. The van der Waals surface area contributed by atoms with Gasteiger partial charge in [0.15, 0.2) is 0 Å². The Hall–Kier alpha value is -1.19. The monoisotopic (exact) mass is 353 g/mol. The Bertz CT molecular complexity index is 588. The molecule has 0 amide bonds. The van der Waals surface area contributed by atoms with Gasteiger partial charge in [0, 0.05) is 40.8 Å². The molecule has 0 saturated heterocycles. The van der Waals surface area contributed by atoms with Gasteiger partial charge in [-0.25, -0.2) is 0 Å². The van der Waals surface area contributed by atoms with E-state index in [1.807, 2.05) is 30.3 Å². The van der Waals surface area contributed by atoms with Crippen LogP contribution < -0.4 is 9.64 Å². The maximum atomic E-state index is 6.25. The van der Waals surface area contributed by atoms with Crippen LogP contribution >= 0.6 is 27.5 Å². The zero-order valence-electron chi connectivity index (χ0n) is 11.6. The third kappa shape index (κ3) is 3.28. The zero-order valence-corrected chi connectivity index (χ0v) is 13.9. The van der Waals surface area contributed by atoms with Crippen molar-refractivity contribution in [3.8, 4) is 5.75 Å². The van der Waals surface area contributed by atoms with Gasteiger partial charge in [0.1, 0.15) is 5.75 Å². The lowest BCUT2D eigenvalue weighted by atomic mass is 10.1. The number of hydrogen-bond donors (Lipinski definition) is 0. The van der Waals surface area contributed by atoms with Gasteiger partial charge < -0.3 is 9.64 Å². The Labute approximate surface area is 133 Å². The molecule has 0 N–H and O–H groups in total. The number of benzene rings is 2. The molecule has 0 aliphatic rings. The third-order valence-electron chi connectivity index (χ3n) is 3.24. The Kier molecular flexibility index (Phi) is 5.32. The predicted molar refractivity (Wildman–Crippen MR) is 89.2 cm³/mol. The Morgan fingerprint density at radius 2 is 1.90 bits per heavy atom. The molecule has 0 unspecified atom stereocenters. The van der Waals surface area contributed by atoms with Gasteiger partial charge in [-0.15, -0.1) is 0 Å². The maximum Gasteiger partial charge on any atom is 0.123 e. The van der Waals surface area contributed by atoms with Crippen molar-refractivity contribution < 1.29 is 4.74 Å². The van der Waals surface area contributed by atoms with E-state index < -0.39 is 0 Å². The summed E-state index contributed by atoms with van der Waals surface area (Å²) < 4.78 is 5.40. The summed E-state index contributed by atoms with van der Waals surface area (Å²) >= 11 is 9.76. The van der Waals surface area contributed by atoms with Gasteiger partial charge in [-0.1, -0.05) is 51.8 Å². The molecule has 0 aromatic heterocycles. The molecule has 0 aliphatic heterocycles. The quantitative estimate of drug-likeness (QED) is 0.710. The molecule has 0 radical (unpaired) electrons. The van der Waals surface area contributed by atoms with E-state index in [2.05, 4.69) is 40.0 Å². The van der Waals surface area contributed by atoms with Gasteiger partial charge in [-0.2, -0.15) is 0 Å². The topological polar surface area (TPSA) is 12.5 Å². The highest BCUT2D eigenvalue weighted by molar-refractivity contribution is 9.08. The van der Waals surface area contributed by atoms with E-state index in [-0.39, 0.29) is 0 Å². The van der Waals surface area contributed by atoms with Gasteiger partial charge in [0.2, 0.25) is 0 Å². The van der Waals surface area contributed by atoms with Crippen molar-refractivity contribution in [2.45, 2.75) is 11.9 Å². The minimum atomic E-state index is 0.734. The predicted octanol–water partition coefficient (Wildman–Crippen LogP) is 4.88. The molecule has 0 heterocycles. The fraction of sp³-hybridized carbons (Fsp3) is 0.250. The van der Waals surface area contributed by atoms with Crippen LogP contribution in [0.4, 0.5) is 5.69 Å². The molecule has 106 valence electrons. The Morgan fingerprint density at radius 1 is 1.15 bits per heavy atom. The van der Waals surface area contributed by atoms with E-state index in [9.17, 15) is 0 Å². The van der Waals surface area contributed by atoms with Crippen LogP contribution in [0.25, 0.3) is 0 Å². The van der Waals surface area contributed by atoms with Crippen molar-refractivity contribution in [1.29, 1.82) is 0 Å². The average Bonchev–Trinajstić information content (AvgIpc) is 2.47. The minimum Gasteiger partial charge on any atom is -0.496 e. The number of anilines is 1. The van der Waals surface area contributed by atoms with E-state index in [0.717, 1.165) is 39.5 Å². The van der Waals surface area contributed by atoms with Crippen molar-refractivity contribution in [3.63, 3.8) is 0 Å².